The molecule has 1 heterocycles. The van der Waals surface area contributed by atoms with E-state index >= 15 is 0 Å². The van der Waals surface area contributed by atoms with Gasteiger partial charge in [-0.25, -0.2) is 0 Å². The maximum absolute atomic E-state index is 12.4. The van der Waals surface area contributed by atoms with E-state index in [0.717, 1.165) is 5.56 Å². The maximum atomic E-state index is 12.4. The molecular weight excluding hydrogens is 266 g/mol. The number of hydrogen-bond donors (Lipinski definition) is 1. The van der Waals surface area contributed by atoms with Crippen molar-refractivity contribution in [1.82, 2.24) is 0 Å². The standard InChI is InChI=1S/C14H14ClNO3/c1-3-16(12-8-10(17)5-4-9(12)2)14(18)11-6-7-19-13(11)15/h4-8,17H,3H2,1-2H3. The van der Waals surface area contributed by atoms with E-state index in [1.807, 2.05) is 13.8 Å². The van der Waals surface area contributed by atoms with Gasteiger partial charge >= 0.3 is 0 Å². The van der Waals surface area contributed by atoms with E-state index in [1.165, 1.54) is 12.3 Å². The van der Waals surface area contributed by atoms with Gasteiger partial charge < -0.3 is 14.4 Å². The van der Waals surface area contributed by atoms with Crippen LogP contribution in [-0.4, -0.2) is 17.6 Å². The van der Waals surface area contributed by atoms with Gasteiger partial charge in [-0.15, -0.1) is 0 Å². The van der Waals surface area contributed by atoms with Gasteiger partial charge in [0.05, 0.1) is 17.5 Å². The molecule has 19 heavy (non-hydrogen) atoms. The molecule has 0 bridgehead atoms. The first kappa shape index (κ1) is 13.5. The Balaban J connectivity index is 2.43. The van der Waals surface area contributed by atoms with Crippen LogP contribution in [0, 0.1) is 6.92 Å². The van der Waals surface area contributed by atoms with Gasteiger partial charge in [-0.2, -0.15) is 0 Å². The monoisotopic (exact) mass is 279 g/mol. The highest BCUT2D eigenvalue weighted by atomic mass is 35.5. The fourth-order valence-electron chi connectivity index (χ4n) is 1.90. The summed E-state index contributed by atoms with van der Waals surface area (Å²) in [5, 5.41) is 9.64. The lowest BCUT2D eigenvalue weighted by Crippen LogP contribution is -2.31. The third kappa shape index (κ3) is 2.58. The second-order valence-electron chi connectivity index (χ2n) is 4.13. The Hall–Kier alpha value is -1.94. The Morgan fingerprint density at radius 3 is 2.74 bits per heavy atom. The molecule has 0 aliphatic heterocycles. The van der Waals surface area contributed by atoms with Crippen LogP contribution in [-0.2, 0) is 0 Å². The summed E-state index contributed by atoms with van der Waals surface area (Å²) in [6, 6.07) is 6.44. The van der Waals surface area contributed by atoms with E-state index in [1.54, 1.807) is 23.1 Å². The van der Waals surface area contributed by atoms with Crippen molar-refractivity contribution in [3.8, 4) is 5.75 Å². The van der Waals surface area contributed by atoms with Crippen molar-refractivity contribution >= 4 is 23.2 Å². The van der Waals surface area contributed by atoms with Crippen molar-refractivity contribution in [2.75, 3.05) is 11.4 Å². The van der Waals surface area contributed by atoms with E-state index in [-0.39, 0.29) is 16.9 Å². The minimum Gasteiger partial charge on any atom is -0.508 e. The van der Waals surface area contributed by atoms with Gasteiger partial charge in [-0.3, -0.25) is 4.79 Å². The summed E-state index contributed by atoms with van der Waals surface area (Å²) >= 11 is 5.83. The fourth-order valence-corrected chi connectivity index (χ4v) is 2.10. The molecule has 2 aromatic rings. The molecule has 0 radical (unpaired) electrons. The van der Waals surface area contributed by atoms with E-state index in [0.29, 0.717) is 17.8 Å². The average molecular weight is 280 g/mol. The number of phenols is 1. The lowest BCUT2D eigenvalue weighted by molar-refractivity contribution is 0.0987. The molecule has 0 aliphatic rings. The van der Waals surface area contributed by atoms with Gasteiger partial charge in [0.1, 0.15) is 5.75 Å². The summed E-state index contributed by atoms with van der Waals surface area (Å²) in [7, 11) is 0. The summed E-state index contributed by atoms with van der Waals surface area (Å²) in [6.45, 7) is 4.20. The van der Waals surface area contributed by atoms with Gasteiger partial charge in [0.2, 0.25) is 5.22 Å². The highest BCUT2D eigenvalue weighted by Gasteiger charge is 2.22. The Labute approximate surface area is 116 Å². The number of benzene rings is 1. The Morgan fingerprint density at radius 1 is 1.42 bits per heavy atom. The van der Waals surface area contributed by atoms with E-state index in [2.05, 4.69) is 0 Å². The fraction of sp³-hybridized carbons (Fsp3) is 0.214. The molecule has 100 valence electrons. The summed E-state index contributed by atoms with van der Waals surface area (Å²) < 4.78 is 4.94. The molecule has 0 atom stereocenters. The van der Waals surface area contributed by atoms with Crippen LogP contribution in [0.1, 0.15) is 22.8 Å². The molecule has 0 aliphatic carbocycles. The van der Waals surface area contributed by atoms with Crippen molar-refractivity contribution in [2.24, 2.45) is 0 Å². The van der Waals surface area contributed by atoms with Gasteiger partial charge in [-0.1, -0.05) is 6.07 Å². The Morgan fingerprint density at radius 2 is 2.16 bits per heavy atom. The minimum atomic E-state index is -0.255. The van der Waals surface area contributed by atoms with Crippen molar-refractivity contribution in [3.05, 3.63) is 46.9 Å². The zero-order valence-electron chi connectivity index (χ0n) is 10.7. The van der Waals surface area contributed by atoms with Gasteiger partial charge in [-0.05, 0) is 43.1 Å². The molecule has 1 aromatic heterocycles. The predicted octanol–water partition coefficient (Wildman–Crippen LogP) is 3.61. The first-order chi connectivity index (χ1) is 9.04. The molecule has 0 unspecified atom stereocenters. The van der Waals surface area contributed by atoms with Crippen molar-refractivity contribution in [3.63, 3.8) is 0 Å². The topological polar surface area (TPSA) is 53.7 Å². The van der Waals surface area contributed by atoms with E-state index in [9.17, 15) is 9.90 Å². The number of phenolic OH excluding ortho intramolecular Hbond substituents is 1. The summed E-state index contributed by atoms with van der Waals surface area (Å²) in [5.41, 5.74) is 1.86. The normalized spacial score (nSPS) is 10.5. The molecule has 1 aromatic carbocycles. The first-order valence-electron chi connectivity index (χ1n) is 5.89. The first-order valence-corrected chi connectivity index (χ1v) is 6.27. The molecule has 5 heteroatoms. The van der Waals surface area contributed by atoms with Crippen molar-refractivity contribution < 1.29 is 14.3 Å². The average Bonchev–Trinajstić information content (AvgIpc) is 2.80. The third-order valence-corrected chi connectivity index (χ3v) is 3.19. The number of halogens is 1. The molecular formula is C14H14ClNO3. The Bertz CT molecular complexity index is 606. The van der Waals surface area contributed by atoms with Gasteiger partial charge in [0, 0.05) is 12.6 Å². The molecule has 0 spiro atoms. The van der Waals surface area contributed by atoms with Gasteiger partial charge in [0.25, 0.3) is 5.91 Å². The zero-order valence-corrected chi connectivity index (χ0v) is 11.4. The molecule has 0 fully saturated rings. The number of aryl methyl sites for hydroxylation is 1. The summed E-state index contributed by atoms with van der Waals surface area (Å²) in [4.78, 5) is 14.0. The second-order valence-corrected chi connectivity index (χ2v) is 4.47. The van der Waals surface area contributed by atoms with Crippen LogP contribution < -0.4 is 4.90 Å². The largest absolute Gasteiger partial charge is 0.508 e. The number of amides is 1. The number of anilines is 1. The zero-order chi connectivity index (χ0) is 14.0. The van der Waals surface area contributed by atoms with Crippen molar-refractivity contribution in [2.45, 2.75) is 13.8 Å². The maximum Gasteiger partial charge on any atom is 0.263 e. The van der Waals surface area contributed by atoms with Crippen LogP contribution in [0.5, 0.6) is 5.75 Å². The number of aromatic hydroxyl groups is 1. The molecule has 0 saturated heterocycles. The van der Waals surface area contributed by atoms with Crippen LogP contribution in [0.3, 0.4) is 0 Å². The van der Waals surface area contributed by atoms with Crippen LogP contribution in [0.15, 0.2) is 34.9 Å². The van der Waals surface area contributed by atoms with Crippen LogP contribution in [0.25, 0.3) is 0 Å². The number of hydrogen-bond acceptors (Lipinski definition) is 3. The summed E-state index contributed by atoms with van der Waals surface area (Å²) in [6.07, 6.45) is 1.37. The molecule has 0 saturated carbocycles. The number of nitrogens with zero attached hydrogens (tertiary/aromatic N) is 1. The smallest absolute Gasteiger partial charge is 0.263 e. The number of carbonyl (C=O) groups is 1. The lowest BCUT2D eigenvalue weighted by atomic mass is 10.1. The minimum absolute atomic E-state index is 0.0706. The van der Waals surface area contributed by atoms with E-state index in [4.69, 9.17) is 16.0 Å². The molecule has 1 amide bonds. The van der Waals surface area contributed by atoms with Gasteiger partial charge in [0.15, 0.2) is 0 Å². The molecule has 1 N–H and O–H groups in total. The lowest BCUT2D eigenvalue weighted by Gasteiger charge is -2.22. The highest BCUT2D eigenvalue weighted by molar-refractivity contribution is 6.32. The number of carbonyl (C=O) groups excluding carboxylic acids is 1. The van der Waals surface area contributed by atoms with Crippen LogP contribution in [0.4, 0.5) is 5.69 Å². The quantitative estimate of drug-likeness (QED) is 0.934. The van der Waals surface area contributed by atoms with Crippen LogP contribution >= 0.6 is 11.6 Å². The second kappa shape index (κ2) is 5.36. The SMILES string of the molecule is CCN(C(=O)c1ccoc1Cl)c1cc(O)ccc1C. The summed E-state index contributed by atoms with van der Waals surface area (Å²) in [5.74, 6) is -0.139. The number of rotatable bonds is 3. The predicted molar refractivity (Wildman–Crippen MR) is 73.9 cm³/mol. The van der Waals surface area contributed by atoms with E-state index < -0.39 is 0 Å². The molecule has 2 rings (SSSR count). The van der Waals surface area contributed by atoms with Crippen LogP contribution in [0.2, 0.25) is 5.22 Å². The highest BCUT2D eigenvalue weighted by Crippen LogP contribution is 2.28. The molecule has 4 nitrogen and oxygen atoms in total. The Kier molecular flexibility index (Phi) is 3.81. The number of furan rings is 1. The van der Waals surface area contributed by atoms with Crippen molar-refractivity contribution in [1.29, 1.82) is 0 Å². The third-order valence-electron chi connectivity index (χ3n) is 2.89.